The molecule has 0 atom stereocenters. The van der Waals surface area contributed by atoms with Crippen LogP contribution in [0.5, 0.6) is 0 Å². The molecule has 0 aliphatic heterocycles. The average molecular weight is 374 g/mol. The minimum Gasteiger partial charge on any atom is -0.361 e. The Balaban J connectivity index is 1.61. The molecule has 3 aromatic rings. The first kappa shape index (κ1) is 19.2. The number of carbonyl (C=O) groups is 2. The van der Waals surface area contributed by atoms with Crippen molar-refractivity contribution in [3.8, 4) is 6.07 Å². The number of H-pyrrole nitrogens is 1. The largest absolute Gasteiger partial charge is 0.361 e. The smallest absolute Gasteiger partial charge is 0.239 e. The second kappa shape index (κ2) is 7.97. The second-order valence-electron chi connectivity index (χ2n) is 7.10. The summed E-state index contributed by atoms with van der Waals surface area (Å²) < 4.78 is 0. The zero-order chi connectivity index (χ0) is 20.1. The fraction of sp³-hybridized carbons (Fsp3) is 0.227. The Hall–Kier alpha value is -3.59. The lowest BCUT2D eigenvalue weighted by molar-refractivity contribution is -0.138. The number of amides is 2. The van der Waals surface area contributed by atoms with Crippen LogP contribution in [0.1, 0.15) is 25.0 Å². The molecule has 0 saturated carbocycles. The third kappa shape index (κ3) is 3.89. The molecule has 142 valence electrons. The van der Waals surface area contributed by atoms with Crippen LogP contribution in [0.3, 0.4) is 0 Å². The van der Waals surface area contributed by atoms with Gasteiger partial charge in [0.05, 0.1) is 11.3 Å². The van der Waals surface area contributed by atoms with Crippen LogP contribution in [0, 0.1) is 16.7 Å². The second-order valence-corrected chi connectivity index (χ2v) is 7.10. The molecule has 0 radical (unpaired) electrons. The van der Waals surface area contributed by atoms with Gasteiger partial charge in [-0.15, -0.1) is 0 Å². The number of para-hydroxylation sites is 2. The van der Waals surface area contributed by atoms with Crippen molar-refractivity contribution in [1.29, 1.82) is 5.26 Å². The first-order valence-electron chi connectivity index (χ1n) is 9.07. The van der Waals surface area contributed by atoms with Crippen molar-refractivity contribution in [2.75, 3.05) is 11.9 Å². The van der Waals surface area contributed by atoms with Crippen LogP contribution in [-0.4, -0.2) is 23.3 Å². The van der Waals surface area contributed by atoms with Crippen molar-refractivity contribution in [3.63, 3.8) is 0 Å². The van der Waals surface area contributed by atoms with Crippen LogP contribution in [0.25, 0.3) is 10.9 Å². The third-order valence-electron chi connectivity index (χ3n) is 4.79. The highest BCUT2D eigenvalue weighted by Crippen LogP contribution is 2.22. The van der Waals surface area contributed by atoms with Crippen molar-refractivity contribution >= 4 is 28.4 Å². The Morgan fingerprint density at radius 1 is 1.07 bits per heavy atom. The molecule has 1 heterocycles. The van der Waals surface area contributed by atoms with Gasteiger partial charge in [-0.05, 0) is 44.0 Å². The normalized spacial score (nSPS) is 11.0. The van der Waals surface area contributed by atoms with Crippen molar-refractivity contribution in [2.24, 2.45) is 5.41 Å². The quantitative estimate of drug-likeness (QED) is 0.577. The van der Waals surface area contributed by atoms with E-state index in [9.17, 15) is 9.59 Å². The summed E-state index contributed by atoms with van der Waals surface area (Å²) in [6.45, 7) is 3.56. The van der Waals surface area contributed by atoms with E-state index in [1.807, 2.05) is 36.5 Å². The topological polar surface area (TPSA) is 97.8 Å². The summed E-state index contributed by atoms with van der Waals surface area (Å²) in [7, 11) is 0. The van der Waals surface area contributed by atoms with Gasteiger partial charge < -0.3 is 15.6 Å². The number of nitrogens with one attached hydrogen (secondary N) is 3. The van der Waals surface area contributed by atoms with E-state index in [0.29, 0.717) is 24.2 Å². The molecule has 0 saturated heterocycles. The molecule has 28 heavy (non-hydrogen) atoms. The molecule has 6 nitrogen and oxygen atoms in total. The Kier molecular flexibility index (Phi) is 5.46. The molecule has 0 unspecified atom stereocenters. The Bertz CT molecular complexity index is 1060. The van der Waals surface area contributed by atoms with Crippen LogP contribution < -0.4 is 10.6 Å². The molecule has 3 N–H and O–H groups in total. The number of hydrogen-bond donors (Lipinski definition) is 3. The van der Waals surface area contributed by atoms with E-state index in [1.54, 1.807) is 38.1 Å². The number of rotatable bonds is 6. The van der Waals surface area contributed by atoms with Crippen LogP contribution in [-0.2, 0) is 16.0 Å². The fourth-order valence-electron chi connectivity index (χ4n) is 2.94. The van der Waals surface area contributed by atoms with Crippen LogP contribution in [0.15, 0.2) is 54.7 Å². The van der Waals surface area contributed by atoms with E-state index in [0.717, 1.165) is 16.5 Å². The van der Waals surface area contributed by atoms with Gasteiger partial charge in [-0.1, -0.05) is 30.3 Å². The predicted octanol–water partition coefficient (Wildman–Crippen LogP) is 3.36. The number of aromatic nitrogens is 1. The summed E-state index contributed by atoms with van der Waals surface area (Å²) >= 11 is 0. The summed E-state index contributed by atoms with van der Waals surface area (Å²) in [6, 6.07) is 16.7. The molecule has 0 fully saturated rings. The first-order valence-corrected chi connectivity index (χ1v) is 9.07. The summed E-state index contributed by atoms with van der Waals surface area (Å²) in [4.78, 5) is 28.4. The van der Waals surface area contributed by atoms with E-state index in [-0.39, 0.29) is 5.91 Å². The molecule has 3 rings (SSSR count). The van der Waals surface area contributed by atoms with Gasteiger partial charge in [0, 0.05) is 23.6 Å². The molecule has 2 aromatic carbocycles. The number of aromatic amines is 1. The predicted molar refractivity (Wildman–Crippen MR) is 109 cm³/mol. The number of nitriles is 1. The third-order valence-corrected chi connectivity index (χ3v) is 4.79. The zero-order valence-electron chi connectivity index (χ0n) is 15.9. The number of fused-ring (bicyclic) bond motifs is 1. The van der Waals surface area contributed by atoms with E-state index >= 15 is 0 Å². The highest BCUT2D eigenvalue weighted by atomic mass is 16.2. The highest BCUT2D eigenvalue weighted by molar-refractivity contribution is 6.10. The van der Waals surface area contributed by atoms with Gasteiger partial charge in [-0.2, -0.15) is 5.26 Å². The summed E-state index contributed by atoms with van der Waals surface area (Å²) in [5.74, 6) is -0.820. The monoisotopic (exact) mass is 374 g/mol. The standard InChI is InChI=1S/C22H22N4O2/c1-22(2,21(28)26-18-9-5-3-7-15(18)13-23)20(27)24-12-11-16-14-25-19-10-6-4-8-17(16)19/h3-10,14,25H,11-12H2,1-2H3,(H,24,27)(H,26,28). The molecule has 0 bridgehead atoms. The van der Waals surface area contributed by atoms with Gasteiger partial charge in [0.1, 0.15) is 11.5 Å². The van der Waals surface area contributed by atoms with Gasteiger partial charge in [-0.3, -0.25) is 9.59 Å². The van der Waals surface area contributed by atoms with Crippen molar-refractivity contribution in [3.05, 3.63) is 65.9 Å². The van der Waals surface area contributed by atoms with Gasteiger partial charge >= 0.3 is 0 Å². The molecule has 0 aliphatic rings. The summed E-state index contributed by atoms with van der Waals surface area (Å²) in [5, 5.41) is 15.8. The molecular formula is C22H22N4O2. The first-order chi connectivity index (χ1) is 13.4. The highest BCUT2D eigenvalue weighted by Gasteiger charge is 2.36. The maximum atomic E-state index is 12.6. The molecule has 6 heteroatoms. The zero-order valence-corrected chi connectivity index (χ0v) is 15.9. The molecular weight excluding hydrogens is 352 g/mol. The van der Waals surface area contributed by atoms with Gasteiger partial charge in [0.2, 0.25) is 11.8 Å². The number of anilines is 1. The maximum Gasteiger partial charge on any atom is 0.239 e. The molecule has 2 amide bonds. The van der Waals surface area contributed by atoms with Crippen molar-refractivity contribution in [2.45, 2.75) is 20.3 Å². The fourth-order valence-corrected chi connectivity index (χ4v) is 2.94. The minimum atomic E-state index is -1.28. The lowest BCUT2D eigenvalue weighted by Crippen LogP contribution is -2.45. The van der Waals surface area contributed by atoms with Crippen LogP contribution in [0.2, 0.25) is 0 Å². The van der Waals surface area contributed by atoms with E-state index in [1.165, 1.54) is 0 Å². The van der Waals surface area contributed by atoms with Crippen LogP contribution in [0.4, 0.5) is 5.69 Å². The lowest BCUT2D eigenvalue weighted by Gasteiger charge is -2.23. The van der Waals surface area contributed by atoms with Gasteiger partial charge in [-0.25, -0.2) is 0 Å². The Morgan fingerprint density at radius 3 is 2.57 bits per heavy atom. The maximum absolute atomic E-state index is 12.6. The van der Waals surface area contributed by atoms with Crippen molar-refractivity contribution in [1.82, 2.24) is 10.3 Å². The summed E-state index contributed by atoms with van der Waals surface area (Å²) in [6.07, 6.45) is 2.60. The summed E-state index contributed by atoms with van der Waals surface area (Å²) in [5.41, 5.74) is 1.64. The van der Waals surface area contributed by atoms with Gasteiger partial charge in [0.15, 0.2) is 0 Å². The molecule has 1 aromatic heterocycles. The number of benzene rings is 2. The Labute approximate surface area is 163 Å². The molecule has 0 aliphatic carbocycles. The SMILES string of the molecule is CC(C)(C(=O)NCCc1c[nH]c2ccccc12)C(=O)Nc1ccccc1C#N. The number of hydrogen-bond acceptors (Lipinski definition) is 3. The van der Waals surface area contributed by atoms with E-state index < -0.39 is 11.3 Å². The van der Waals surface area contributed by atoms with Crippen molar-refractivity contribution < 1.29 is 9.59 Å². The number of nitrogens with zero attached hydrogens (tertiary/aromatic N) is 1. The average Bonchev–Trinajstić information content (AvgIpc) is 3.11. The van der Waals surface area contributed by atoms with Gasteiger partial charge in [0.25, 0.3) is 0 Å². The minimum absolute atomic E-state index is 0.353. The molecule has 0 spiro atoms. The number of carbonyl (C=O) groups excluding carboxylic acids is 2. The van der Waals surface area contributed by atoms with E-state index in [2.05, 4.69) is 15.6 Å². The van der Waals surface area contributed by atoms with Crippen LogP contribution >= 0.6 is 0 Å². The van der Waals surface area contributed by atoms with E-state index in [4.69, 9.17) is 5.26 Å². The Morgan fingerprint density at radius 2 is 1.79 bits per heavy atom. The lowest BCUT2D eigenvalue weighted by atomic mass is 9.90.